The molecule has 1 unspecified atom stereocenters. The molecule has 0 aliphatic carbocycles. The Balaban J connectivity index is 2.24. The summed E-state index contributed by atoms with van der Waals surface area (Å²) in [4.78, 5) is 2.15. The maximum atomic E-state index is 10.1. The Hall–Kier alpha value is -1.57. The zero-order valence-corrected chi connectivity index (χ0v) is 11.3. The molecule has 4 heteroatoms. The highest BCUT2D eigenvalue weighted by Crippen LogP contribution is 2.28. The van der Waals surface area contributed by atoms with E-state index in [9.17, 15) is 10.4 Å². The molecule has 0 aromatic heterocycles. The highest BCUT2D eigenvalue weighted by molar-refractivity contribution is 5.60. The zero-order chi connectivity index (χ0) is 13.9. The van der Waals surface area contributed by atoms with Crippen molar-refractivity contribution in [3.05, 3.63) is 29.3 Å². The maximum absolute atomic E-state index is 10.1. The van der Waals surface area contributed by atoms with Gasteiger partial charge in [0.1, 0.15) is 6.07 Å². The molecule has 19 heavy (non-hydrogen) atoms. The van der Waals surface area contributed by atoms with Gasteiger partial charge in [-0.3, -0.25) is 0 Å². The van der Waals surface area contributed by atoms with Crippen molar-refractivity contribution in [1.29, 1.82) is 5.26 Å². The number of nitriles is 1. The first kappa shape index (κ1) is 13.9. The van der Waals surface area contributed by atoms with Gasteiger partial charge in [-0.1, -0.05) is 6.07 Å². The van der Waals surface area contributed by atoms with E-state index in [4.69, 9.17) is 5.11 Å². The van der Waals surface area contributed by atoms with Crippen LogP contribution in [0.15, 0.2) is 18.2 Å². The van der Waals surface area contributed by atoms with Crippen LogP contribution in [0.1, 0.15) is 37.3 Å². The smallest absolute Gasteiger partial charge is 0.101 e. The lowest BCUT2D eigenvalue weighted by Gasteiger charge is -2.25. The lowest BCUT2D eigenvalue weighted by atomic mass is 9.98. The van der Waals surface area contributed by atoms with Gasteiger partial charge in [-0.05, 0) is 43.9 Å². The second-order valence-corrected chi connectivity index (χ2v) is 5.46. The van der Waals surface area contributed by atoms with Crippen LogP contribution in [0, 0.1) is 11.3 Å². The summed E-state index contributed by atoms with van der Waals surface area (Å²) in [5.74, 6) is 0. The van der Waals surface area contributed by atoms with Gasteiger partial charge in [-0.15, -0.1) is 0 Å². The molecule has 1 aliphatic heterocycles. The van der Waals surface area contributed by atoms with Gasteiger partial charge in [0.25, 0.3) is 0 Å². The van der Waals surface area contributed by atoms with E-state index in [1.807, 2.05) is 19.1 Å². The summed E-state index contributed by atoms with van der Waals surface area (Å²) in [6.07, 6.45) is 2.42. The van der Waals surface area contributed by atoms with E-state index in [2.05, 4.69) is 11.0 Å². The summed E-state index contributed by atoms with van der Waals surface area (Å²) in [6.45, 7) is 3.42. The molecule has 1 aromatic carbocycles. The number of hydrogen-bond acceptors (Lipinski definition) is 4. The fourth-order valence-electron chi connectivity index (χ4n) is 2.55. The molecule has 1 aromatic rings. The number of rotatable bonds is 2. The molecule has 2 rings (SSSR count). The van der Waals surface area contributed by atoms with Crippen molar-refractivity contribution in [3.63, 3.8) is 0 Å². The quantitative estimate of drug-likeness (QED) is 0.850. The molecule has 4 nitrogen and oxygen atoms in total. The zero-order valence-electron chi connectivity index (χ0n) is 11.3. The lowest BCUT2D eigenvalue weighted by molar-refractivity contribution is 0.0481. The van der Waals surface area contributed by atoms with Gasteiger partial charge in [0.05, 0.1) is 23.5 Å². The van der Waals surface area contributed by atoms with Gasteiger partial charge in [0, 0.05) is 13.1 Å². The molecular formula is C15H20N2O2. The van der Waals surface area contributed by atoms with Crippen LogP contribution >= 0.6 is 0 Å². The summed E-state index contributed by atoms with van der Waals surface area (Å²) >= 11 is 0. The molecule has 0 saturated carbocycles. The monoisotopic (exact) mass is 260 g/mol. The molecule has 0 bridgehead atoms. The van der Waals surface area contributed by atoms with Crippen LogP contribution in [0.2, 0.25) is 0 Å². The first-order valence-electron chi connectivity index (χ1n) is 6.67. The van der Waals surface area contributed by atoms with Crippen molar-refractivity contribution in [1.82, 2.24) is 0 Å². The van der Waals surface area contributed by atoms with Gasteiger partial charge in [0.2, 0.25) is 0 Å². The molecular weight excluding hydrogens is 240 g/mol. The van der Waals surface area contributed by atoms with Gasteiger partial charge in [-0.25, -0.2) is 0 Å². The second-order valence-electron chi connectivity index (χ2n) is 5.46. The first-order valence-corrected chi connectivity index (χ1v) is 6.67. The number of anilines is 1. The van der Waals surface area contributed by atoms with Crippen LogP contribution in [0.25, 0.3) is 0 Å². The number of benzene rings is 1. The van der Waals surface area contributed by atoms with Crippen molar-refractivity contribution in [3.8, 4) is 6.07 Å². The molecule has 1 saturated heterocycles. The summed E-state index contributed by atoms with van der Waals surface area (Å²) in [7, 11) is 0. The van der Waals surface area contributed by atoms with E-state index in [0.29, 0.717) is 12.0 Å². The Labute approximate surface area is 113 Å². The number of hydrogen-bond donors (Lipinski definition) is 2. The van der Waals surface area contributed by atoms with Crippen LogP contribution in [0.4, 0.5) is 5.69 Å². The highest BCUT2D eigenvalue weighted by Gasteiger charge is 2.25. The number of aliphatic hydroxyl groups is 2. The third-order valence-electron chi connectivity index (χ3n) is 3.77. The van der Waals surface area contributed by atoms with Gasteiger partial charge in [0.15, 0.2) is 0 Å². The number of nitrogens with zero attached hydrogens (tertiary/aromatic N) is 2. The Morgan fingerprint density at radius 3 is 2.84 bits per heavy atom. The number of aliphatic hydroxyl groups excluding tert-OH is 1. The molecule has 1 fully saturated rings. The Morgan fingerprint density at radius 2 is 2.16 bits per heavy atom. The fraction of sp³-hybridized carbons (Fsp3) is 0.533. The van der Waals surface area contributed by atoms with E-state index in [1.54, 1.807) is 6.07 Å². The minimum absolute atomic E-state index is 0.0519. The fourth-order valence-corrected chi connectivity index (χ4v) is 2.55. The molecule has 1 atom stereocenters. The predicted molar refractivity (Wildman–Crippen MR) is 73.8 cm³/mol. The third kappa shape index (κ3) is 3.25. The van der Waals surface area contributed by atoms with Crippen molar-refractivity contribution < 1.29 is 10.2 Å². The molecule has 102 valence electrons. The summed E-state index contributed by atoms with van der Waals surface area (Å²) in [5, 5.41) is 28.5. The molecule has 0 radical (unpaired) electrons. The van der Waals surface area contributed by atoms with E-state index in [0.717, 1.165) is 37.2 Å². The topological polar surface area (TPSA) is 67.5 Å². The normalized spacial score (nSPS) is 23.8. The SMILES string of the molecule is CC1(O)CCCN(c2ccc(CO)cc2C#N)CC1. The lowest BCUT2D eigenvalue weighted by Crippen LogP contribution is -2.28. The molecule has 2 N–H and O–H groups in total. The molecule has 1 aliphatic rings. The van der Waals surface area contributed by atoms with E-state index < -0.39 is 5.60 Å². The van der Waals surface area contributed by atoms with Gasteiger partial charge in [-0.2, -0.15) is 5.26 Å². The summed E-state index contributed by atoms with van der Waals surface area (Å²) < 4.78 is 0. The molecule has 1 heterocycles. The predicted octanol–water partition coefficient (Wildman–Crippen LogP) is 1.79. The average Bonchev–Trinajstić information content (AvgIpc) is 2.59. The van der Waals surface area contributed by atoms with Gasteiger partial charge >= 0.3 is 0 Å². The Bertz CT molecular complexity index is 491. The van der Waals surface area contributed by atoms with E-state index in [1.165, 1.54) is 0 Å². The average molecular weight is 260 g/mol. The van der Waals surface area contributed by atoms with Crippen LogP contribution in [-0.2, 0) is 6.61 Å². The van der Waals surface area contributed by atoms with E-state index in [-0.39, 0.29) is 6.61 Å². The van der Waals surface area contributed by atoms with Crippen LogP contribution in [-0.4, -0.2) is 28.9 Å². The molecule has 0 amide bonds. The third-order valence-corrected chi connectivity index (χ3v) is 3.77. The first-order chi connectivity index (χ1) is 9.05. The van der Waals surface area contributed by atoms with Gasteiger partial charge < -0.3 is 15.1 Å². The van der Waals surface area contributed by atoms with Crippen LogP contribution < -0.4 is 4.90 Å². The summed E-state index contributed by atoms with van der Waals surface area (Å²) in [6, 6.07) is 7.67. The highest BCUT2D eigenvalue weighted by atomic mass is 16.3. The van der Waals surface area contributed by atoms with Crippen LogP contribution in [0.3, 0.4) is 0 Å². The summed E-state index contributed by atoms with van der Waals surface area (Å²) in [5.41, 5.74) is 1.64. The maximum Gasteiger partial charge on any atom is 0.101 e. The largest absolute Gasteiger partial charge is 0.392 e. The molecule has 0 spiro atoms. The van der Waals surface area contributed by atoms with E-state index >= 15 is 0 Å². The Kier molecular flexibility index (Phi) is 4.08. The van der Waals surface area contributed by atoms with Crippen LogP contribution in [0.5, 0.6) is 0 Å². The second kappa shape index (κ2) is 5.60. The Morgan fingerprint density at radius 1 is 1.37 bits per heavy atom. The van der Waals surface area contributed by atoms with Crippen molar-refractivity contribution in [2.75, 3.05) is 18.0 Å². The van der Waals surface area contributed by atoms with Crippen molar-refractivity contribution in [2.24, 2.45) is 0 Å². The standard InChI is InChI=1S/C15H20N2O2/c1-15(19)5-2-7-17(8-6-15)14-4-3-12(11-18)9-13(14)10-16/h3-4,9,18-19H,2,5-8,11H2,1H3. The van der Waals surface area contributed by atoms with Crippen molar-refractivity contribution in [2.45, 2.75) is 38.4 Å². The minimum Gasteiger partial charge on any atom is -0.392 e. The van der Waals surface area contributed by atoms with Crippen molar-refractivity contribution >= 4 is 5.69 Å². The minimum atomic E-state index is -0.605.